The fourth-order valence-corrected chi connectivity index (χ4v) is 3.53. The van der Waals surface area contributed by atoms with Gasteiger partial charge in [-0.15, -0.1) is 0 Å². The summed E-state index contributed by atoms with van der Waals surface area (Å²) in [6, 6.07) is 3.63. The summed E-state index contributed by atoms with van der Waals surface area (Å²) < 4.78 is 24.6. The minimum absolute atomic E-state index is 0.117. The molecule has 29 heavy (non-hydrogen) atoms. The van der Waals surface area contributed by atoms with Crippen LogP contribution in [0.4, 0.5) is 20.4 Å². The van der Waals surface area contributed by atoms with Crippen LogP contribution in [0, 0.1) is 5.92 Å². The molecule has 2 heterocycles. The topological polar surface area (TPSA) is 99.7 Å². The third-order valence-electron chi connectivity index (χ3n) is 4.54. The van der Waals surface area contributed by atoms with Gasteiger partial charge in [0.25, 0.3) is 6.43 Å². The number of alkyl halides is 2. The van der Waals surface area contributed by atoms with Crippen molar-refractivity contribution in [2.24, 2.45) is 16.6 Å². The number of aliphatic imine (C=N–C) groups is 1. The second-order valence-electron chi connectivity index (χ2n) is 6.57. The van der Waals surface area contributed by atoms with E-state index in [-0.39, 0.29) is 29.3 Å². The third kappa shape index (κ3) is 5.23. The number of nitrogens with two attached hydrogens (primary N) is 1. The molecule has 0 bridgehead atoms. The van der Waals surface area contributed by atoms with Gasteiger partial charge in [-0.25, -0.2) is 18.7 Å². The van der Waals surface area contributed by atoms with Crippen molar-refractivity contribution >= 4 is 50.9 Å². The Kier molecular flexibility index (Phi) is 7.05. The van der Waals surface area contributed by atoms with E-state index in [1.807, 2.05) is 6.07 Å². The lowest BCUT2D eigenvalue weighted by atomic mass is 10.1. The van der Waals surface area contributed by atoms with E-state index in [0.29, 0.717) is 17.1 Å². The molecule has 156 valence electrons. The Morgan fingerprint density at radius 2 is 2.28 bits per heavy atom. The molecule has 3 rings (SSSR count). The largest absolute Gasteiger partial charge is 0.403 e. The van der Waals surface area contributed by atoms with Gasteiger partial charge < -0.3 is 21.1 Å². The maximum absolute atomic E-state index is 12.3. The van der Waals surface area contributed by atoms with Crippen LogP contribution in [0.5, 0.6) is 0 Å². The monoisotopic (exact) mass is 444 g/mol. The normalized spacial score (nSPS) is 18.1. The number of hydrogen-bond donors (Lipinski definition) is 3. The van der Waals surface area contributed by atoms with Crippen LogP contribution in [0.25, 0.3) is 10.9 Å². The Bertz CT molecular complexity index is 940. The van der Waals surface area contributed by atoms with Crippen LogP contribution in [-0.4, -0.2) is 52.9 Å². The number of aromatic nitrogens is 2. The van der Waals surface area contributed by atoms with Gasteiger partial charge in [0.05, 0.1) is 21.9 Å². The third-order valence-corrected chi connectivity index (χ3v) is 5.16. The Morgan fingerprint density at radius 1 is 1.48 bits per heavy atom. The van der Waals surface area contributed by atoms with E-state index >= 15 is 0 Å². The number of anilines is 2. The van der Waals surface area contributed by atoms with Crippen molar-refractivity contribution in [1.29, 1.82) is 0 Å². The molecular formula is C18H20Cl2F2N6O. The lowest BCUT2D eigenvalue weighted by Gasteiger charge is -2.20. The van der Waals surface area contributed by atoms with Crippen molar-refractivity contribution in [1.82, 2.24) is 9.97 Å². The van der Waals surface area contributed by atoms with E-state index in [0.717, 1.165) is 30.2 Å². The first-order valence-corrected chi connectivity index (χ1v) is 9.66. The summed E-state index contributed by atoms with van der Waals surface area (Å²) in [5.41, 5.74) is 7.09. The maximum Gasteiger partial charge on any atom is 0.257 e. The molecule has 11 heteroatoms. The summed E-state index contributed by atoms with van der Waals surface area (Å²) in [7, 11) is 0. The maximum atomic E-state index is 12.3. The zero-order valence-electron chi connectivity index (χ0n) is 15.3. The summed E-state index contributed by atoms with van der Waals surface area (Å²) in [5, 5.41) is 13.3. The summed E-state index contributed by atoms with van der Waals surface area (Å²) in [5.74, 6) is 0.402. The van der Waals surface area contributed by atoms with Crippen molar-refractivity contribution in [3.05, 3.63) is 35.2 Å². The van der Waals surface area contributed by atoms with Crippen LogP contribution in [-0.2, 0) is 0 Å². The Hall–Kier alpha value is -2.23. The summed E-state index contributed by atoms with van der Waals surface area (Å²) >= 11 is 12.4. The van der Waals surface area contributed by atoms with Gasteiger partial charge in [-0.05, 0) is 18.6 Å². The number of halogens is 4. The van der Waals surface area contributed by atoms with Gasteiger partial charge in [0, 0.05) is 43.4 Å². The quantitative estimate of drug-likeness (QED) is 0.566. The second kappa shape index (κ2) is 9.51. The van der Waals surface area contributed by atoms with Gasteiger partial charge in [0.2, 0.25) is 5.95 Å². The minimum atomic E-state index is -2.61. The first-order chi connectivity index (χ1) is 13.9. The van der Waals surface area contributed by atoms with Gasteiger partial charge in [0.1, 0.15) is 11.7 Å². The molecule has 0 radical (unpaired) electrons. The number of aliphatic hydroxyl groups excluding tert-OH is 1. The first kappa shape index (κ1) is 21.5. The number of rotatable bonds is 7. The van der Waals surface area contributed by atoms with Crippen LogP contribution in [0.2, 0.25) is 5.02 Å². The fourth-order valence-electron chi connectivity index (χ4n) is 3.06. The molecule has 1 aliphatic heterocycles. The highest BCUT2D eigenvalue weighted by atomic mass is 35.5. The predicted molar refractivity (Wildman–Crippen MR) is 112 cm³/mol. The summed E-state index contributed by atoms with van der Waals surface area (Å²) in [6.07, 6.45) is 0.970. The van der Waals surface area contributed by atoms with Gasteiger partial charge in [-0.2, -0.15) is 0 Å². The number of benzene rings is 1. The van der Waals surface area contributed by atoms with Crippen LogP contribution >= 0.6 is 23.2 Å². The number of nitrogens with zero attached hydrogens (tertiary/aromatic N) is 4. The van der Waals surface area contributed by atoms with Crippen molar-refractivity contribution in [2.45, 2.75) is 12.8 Å². The highest BCUT2D eigenvalue weighted by Gasteiger charge is 2.24. The Morgan fingerprint density at radius 3 is 2.93 bits per heavy atom. The molecule has 1 aromatic heterocycles. The average molecular weight is 445 g/mol. The first-order valence-electron chi connectivity index (χ1n) is 8.90. The molecule has 0 saturated carbocycles. The highest BCUT2D eigenvalue weighted by molar-refractivity contribution is 6.69. The second-order valence-corrected chi connectivity index (χ2v) is 7.33. The van der Waals surface area contributed by atoms with Crippen LogP contribution < -0.4 is 16.0 Å². The standard InChI is InChI=1S/C18H20Cl2F2N6O/c19-12-3-11-6-25-18(27-14(5-23)17(20)24-7-16(21)22)26-13(11)4-15(12)28-2-1-10(8-28)9-29/h3-6,10,16,29H,1-2,7-9,23H2,(H,25,26,27)/b14-5+,24-17?. The Labute approximate surface area is 176 Å². The number of aliphatic hydroxyl groups is 1. The number of hydrogen-bond acceptors (Lipinski definition) is 7. The molecule has 1 aliphatic rings. The smallest absolute Gasteiger partial charge is 0.257 e. The van der Waals surface area contributed by atoms with Crippen LogP contribution in [0.3, 0.4) is 0 Å². The predicted octanol–water partition coefficient (Wildman–Crippen LogP) is 3.22. The van der Waals surface area contributed by atoms with Crippen molar-refractivity contribution < 1.29 is 13.9 Å². The van der Waals surface area contributed by atoms with E-state index in [9.17, 15) is 13.9 Å². The highest BCUT2D eigenvalue weighted by Crippen LogP contribution is 2.33. The molecule has 1 atom stereocenters. The number of allylic oxidation sites excluding steroid dienone is 1. The summed E-state index contributed by atoms with van der Waals surface area (Å²) in [6.45, 7) is 0.917. The average Bonchev–Trinajstić information content (AvgIpc) is 3.18. The van der Waals surface area contributed by atoms with Gasteiger partial charge in [0.15, 0.2) is 0 Å². The zero-order chi connectivity index (χ0) is 21.0. The molecule has 4 N–H and O–H groups in total. The lowest BCUT2D eigenvalue weighted by molar-refractivity contribution is 0.159. The lowest BCUT2D eigenvalue weighted by Crippen LogP contribution is -2.21. The van der Waals surface area contributed by atoms with Crippen molar-refractivity contribution in [3.8, 4) is 0 Å². The van der Waals surface area contributed by atoms with Gasteiger partial charge >= 0.3 is 0 Å². The molecular weight excluding hydrogens is 425 g/mol. The SMILES string of the molecule is N/C=C(/Nc1ncc2cc(Cl)c(N3CCC(CO)C3)cc2n1)C(Cl)=NCC(F)F. The molecule has 0 spiro atoms. The van der Waals surface area contributed by atoms with E-state index < -0.39 is 13.0 Å². The molecule has 1 saturated heterocycles. The summed E-state index contributed by atoms with van der Waals surface area (Å²) in [4.78, 5) is 14.3. The number of fused-ring (bicyclic) bond motifs is 1. The molecule has 2 aromatic rings. The molecule has 7 nitrogen and oxygen atoms in total. The molecule has 1 fully saturated rings. The van der Waals surface area contributed by atoms with E-state index in [2.05, 4.69) is 25.2 Å². The minimum Gasteiger partial charge on any atom is -0.403 e. The molecule has 0 amide bonds. The Balaban J connectivity index is 1.85. The van der Waals surface area contributed by atoms with Gasteiger partial charge in [-0.3, -0.25) is 4.99 Å². The van der Waals surface area contributed by atoms with E-state index in [1.165, 1.54) is 0 Å². The van der Waals surface area contributed by atoms with E-state index in [4.69, 9.17) is 28.9 Å². The van der Waals surface area contributed by atoms with E-state index in [1.54, 1.807) is 12.3 Å². The van der Waals surface area contributed by atoms with Crippen molar-refractivity contribution in [2.75, 3.05) is 36.5 Å². The number of nitrogens with one attached hydrogen (secondary N) is 1. The zero-order valence-corrected chi connectivity index (χ0v) is 16.8. The fraction of sp³-hybridized carbons (Fsp3) is 0.389. The molecule has 1 unspecified atom stereocenters. The molecule has 0 aliphatic carbocycles. The van der Waals surface area contributed by atoms with Crippen LogP contribution in [0.15, 0.2) is 35.2 Å². The van der Waals surface area contributed by atoms with Crippen LogP contribution in [0.1, 0.15) is 6.42 Å². The van der Waals surface area contributed by atoms with Gasteiger partial charge in [-0.1, -0.05) is 23.2 Å². The molecule has 1 aromatic carbocycles. The van der Waals surface area contributed by atoms with Crippen molar-refractivity contribution in [3.63, 3.8) is 0 Å².